The maximum absolute atomic E-state index is 13.7. The first kappa shape index (κ1) is 19.8. The topological polar surface area (TPSA) is 107 Å². The fourth-order valence-corrected chi connectivity index (χ4v) is 2.95. The van der Waals surface area contributed by atoms with Crippen molar-refractivity contribution in [1.82, 2.24) is 0 Å². The summed E-state index contributed by atoms with van der Waals surface area (Å²) in [5, 5.41) is 13.6. The molecule has 0 atom stereocenters. The largest absolute Gasteiger partial charge is 0.496 e. The molecule has 0 heterocycles. The molecule has 29 heavy (non-hydrogen) atoms. The van der Waals surface area contributed by atoms with Crippen molar-refractivity contribution in [3.63, 3.8) is 0 Å². The lowest BCUT2D eigenvalue weighted by atomic mass is 10.0. The zero-order valence-corrected chi connectivity index (χ0v) is 15.5. The number of nitrogen functional groups attached to an aromatic ring is 1. The molecule has 7 nitrogen and oxygen atoms in total. The number of benzene rings is 3. The number of nitro groups is 1. The van der Waals surface area contributed by atoms with Crippen LogP contribution in [-0.2, 0) is 6.42 Å². The van der Waals surface area contributed by atoms with E-state index >= 15 is 0 Å². The second-order valence-electron chi connectivity index (χ2n) is 6.29. The Morgan fingerprint density at radius 2 is 1.90 bits per heavy atom. The highest BCUT2D eigenvalue weighted by atomic mass is 19.1. The Morgan fingerprint density at radius 3 is 2.55 bits per heavy atom. The van der Waals surface area contributed by atoms with Gasteiger partial charge in [-0.1, -0.05) is 30.3 Å². The van der Waals surface area contributed by atoms with Crippen LogP contribution in [0.1, 0.15) is 21.5 Å². The Hall–Kier alpha value is -3.94. The first-order valence-electron chi connectivity index (χ1n) is 8.64. The molecule has 3 aromatic rings. The summed E-state index contributed by atoms with van der Waals surface area (Å²) in [7, 11) is 1.55. The number of halogens is 1. The van der Waals surface area contributed by atoms with Crippen molar-refractivity contribution in [3.8, 4) is 5.75 Å². The molecule has 0 unspecified atom stereocenters. The third-order valence-electron chi connectivity index (χ3n) is 4.34. The predicted molar refractivity (Wildman–Crippen MR) is 108 cm³/mol. The van der Waals surface area contributed by atoms with Crippen molar-refractivity contribution >= 4 is 23.0 Å². The molecule has 0 radical (unpaired) electrons. The van der Waals surface area contributed by atoms with Crippen LogP contribution in [0.3, 0.4) is 0 Å². The van der Waals surface area contributed by atoms with Crippen LogP contribution in [0.15, 0.2) is 60.7 Å². The monoisotopic (exact) mass is 395 g/mol. The Kier molecular flexibility index (Phi) is 5.73. The van der Waals surface area contributed by atoms with Gasteiger partial charge in [-0.2, -0.15) is 0 Å². The second-order valence-corrected chi connectivity index (χ2v) is 6.29. The van der Waals surface area contributed by atoms with Crippen LogP contribution in [0, 0.1) is 15.9 Å². The average Bonchev–Trinajstić information content (AvgIpc) is 2.70. The molecule has 3 N–H and O–H groups in total. The van der Waals surface area contributed by atoms with E-state index in [-0.39, 0.29) is 5.56 Å². The first-order chi connectivity index (χ1) is 13.9. The van der Waals surface area contributed by atoms with Gasteiger partial charge in [0.15, 0.2) is 0 Å². The van der Waals surface area contributed by atoms with Crippen LogP contribution >= 0.6 is 0 Å². The zero-order valence-electron chi connectivity index (χ0n) is 15.5. The van der Waals surface area contributed by atoms with Gasteiger partial charge in [0.1, 0.15) is 17.3 Å². The third kappa shape index (κ3) is 4.49. The molecule has 0 aromatic heterocycles. The summed E-state index contributed by atoms with van der Waals surface area (Å²) >= 11 is 0. The summed E-state index contributed by atoms with van der Waals surface area (Å²) in [6.07, 6.45) is 0.571. The van der Waals surface area contributed by atoms with Crippen LogP contribution in [-0.4, -0.2) is 17.9 Å². The van der Waals surface area contributed by atoms with E-state index in [0.29, 0.717) is 23.9 Å². The molecule has 3 aromatic carbocycles. The van der Waals surface area contributed by atoms with E-state index < -0.39 is 28.0 Å². The van der Waals surface area contributed by atoms with Crippen LogP contribution in [0.2, 0.25) is 0 Å². The van der Waals surface area contributed by atoms with E-state index in [1.54, 1.807) is 25.3 Å². The summed E-state index contributed by atoms with van der Waals surface area (Å²) in [6.45, 7) is 0. The molecular formula is C21H18FN3O4. The Morgan fingerprint density at radius 1 is 1.17 bits per heavy atom. The Bertz CT molecular complexity index is 1070. The van der Waals surface area contributed by atoms with Gasteiger partial charge in [0.05, 0.1) is 23.7 Å². The predicted octanol–water partition coefficient (Wildman–Crippen LogP) is 4.17. The molecule has 0 saturated heterocycles. The Balaban J connectivity index is 1.90. The maximum atomic E-state index is 13.7. The van der Waals surface area contributed by atoms with Crippen molar-refractivity contribution < 1.29 is 18.8 Å². The number of nitro benzene ring substituents is 1. The minimum absolute atomic E-state index is 0.308. The van der Waals surface area contributed by atoms with Crippen LogP contribution in [0.4, 0.5) is 21.5 Å². The van der Waals surface area contributed by atoms with E-state index in [2.05, 4.69) is 5.32 Å². The number of amides is 1. The van der Waals surface area contributed by atoms with Crippen LogP contribution in [0.5, 0.6) is 5.75 Å². The van der Waals surface area contributed by atoms with Gasteiger partial charge in [-0.15, -0.1) is 0 Å². The number of ether oxygens (including phenoxy) is 1. The summed E-state index contributed by atoms with van der Waals surface area (Å²) in [4.78, 5) is 22.8. The number of rotatable bonds is 6. The molecule has 148 valence electrons. The second kappa shape index (κ2) is 8.39. The van der Waals surface area contributed by atoms with E-state index in [1.807, 2.05) is 30.3 Å². The van der Waals surface area contributed by atoms with E-state index in [1.165, 1.54) is 0 Å². The standard InChI is InChI=1S/C21H18FN3O4/c1-29-19-8-7-16(10-14(19)9-13-5-3-2-4-6-13)24-21(26)17-11-15(22)12-18(20(17)23)25(27)28/h2-8,10-12H,9,23H2,1H3,(H,24,26). The van der Waals surface area contributed by atoms with Crippen molar-refractivity contribution in [1.29, 1.82) is 0 Å². The average molecular weight is 395 g/mol. The van der Waals surface area contributed by atoms with Gasteiger partial charge in [0.2, 0.25) is 0 Å². The smallest absolute Gasteiger partial charge is 0.295 e. The van der Waals surface area contributed by atoms with Gasteiger partial charge in [0, 0.05) is 17.7 Å². The molecule has 0 bridgehead atoms. The zero-order chi connectivity index (χ0) is 21.0. The quantitative estimate of drug-likeness (QED) is 0.370. The van der Waals surface area contributed by atoms with E-state index in [0.717, 1.165) is 17.2 Å². The highest BCUT2D eigenvalue weighted by molar-refractivity contribution is 6.09. The van der Waals surface area contributed by atoms with Crippen molar-refractivity contribution in [2.24, 2.45) is 0 Å². The Labute approximate surface area is 166 Å². The van der Waals surface area contributed by atoms with Crippen LogP contribution < -0.4 is 15.8 Å². The molecule has 8 heteroatoms. The fraction of sp³-hybridized carbons (Fsp3) is 0.0952. The van der Waals surface area contributed by atoms with E-state index in [9.17, 15) is 19.3 Å². The number of carbonyl (C=O) groups is 1. The van der Waals surface area contributed by atoms with Gasteiger partial charge in [0.25, 0.3) is 11.6 Å². The number of methoxy groups -OCH3 is 1. The lowest BCUT2D eigenvalue weighted by molar-refractivity contribution is -0.384. The van der Waals surface area contributed by atoms with Gasteiger partial charge in [-0.05, 0) is 29.8 Å². The normalized spacial score (nSPS) is 10.4. The summed E-state index contributed by atoms with van der Waals surface area (Å²) in [5.41, 5.74) is 6.64. The molecule has 3 rings (SSSR count). The molecule has 0 fully saturated rings. The van der Waals surface area contributed by atoms with Crippen molar-refractivity contribution in [3.05, 3.63) is 93.3 Å². The number of hydrogen-bond donors (Lipinski definition) is 2. The third-order valence-corrected chi connectivity index (χ3v) is 4.34. The molecule has 0 aliphatic heterocycles. The van der Waals surface area contributed by atoms with Gasteiger partial charge in [-0.25, -0.2) is 4.39 Å². The van der Waals surface area contributed by atoms with E-state index in [4.69, 9.17) is 10.5 Å². The van der Waals surface area contributed by atoms with Gasteiger partial charge < -0.3 is 15.8 Å². The molecule has 0 aliphatic carbocycles. The summed E-state index contributed by atoms with van der Waals surface area (Å²) in [5.74, 6) is -1.02. The SMILES string of the molecule is COc1ccc(NC(=O)c2cc(F)cc([N+](=O)[O-])c2N)cc1Cc1ccccc1. The fourth-order valence-electron chi connectivity index (χ4n) is 2.95. The van der Waals surface area contributed by atoms with Gasteiger partial charge >= 0.3 is 0 Å². The van der Waals surface area contributed by atoms with Crippen molar-refractivity contribution in [2.75, 3.05) is 18.2 Å². The molecule has 0 spiro atoms. The number of nitrogens with two attached hydrogens (primary N) is 1. The lowest BCUT2D eigenvalue weighted by Gasteiger charge is -2.13. The highest BCUT2D eigenvalue weighted by Crippen LogP contribution is 2.29. The highest BCUT2D eigenvalue weighted by Gasteiger charge is 2.22. The minimum Gasteiger partial charge on any atom is -0.496 e. The number of nitrogens with zero attached hydrogens (tertiary/aromatic N) is 1. The molecule has 0 saturated carbocycles. The lowest BCUT2D eigenvalue weighted by Crippen LogP contribution is -2.15. The number of anilines is 2. The summed E-state index contributed by atoms with van der Waals surface area (Å²) < 4.78 is 19.1. The van der Waals surface area contributed by atoms with Gasteiger partial charge in [-0.3, -0.25) is 14.9 Å². The summed E-state index contributed by atoms with van der Waals surface area (Å²) in [6, 6.07) is 16.3. The number of hydrogen-bond acceptors (Lipinski definition) is 5. The molecule has 0 aliphatic rings. The maximum Gasteiger partial charge on any atom is 0.295 e. The molecular weight excluding hydrogens is 377 g/mol. The number of nitrogens with one attached hydrogen (secondary N) is 1. The minimum atomic E-state index is -0.921. The first-order valence-corrected chi connectivity index (χ1v) is 8.64. The molecule has 1 amide bonds. The number of carbonyl (C=O) groups excluding carboxylic acids is 1. The van der Waals surface area contributed by atoms with Crippen molar-refractivity contribution in [2.45, 2.75) is 6.42 Å². The van der Waals surface area contributed by atoms with Crippen LogP contribution in [0.25, 0.3) is 0 Å².